The van der Waals surface area contributed by atoms with Gasteiger partial charge in [0.15, 0.2) is 5.75 Å². The minimum Gasteiger partial charge on any atom is -0.491 e. The average Bonchev–Trinajstić information content (AvgIpc) is 2.64. The molecule has 132 valence electrons. The van der Waals surface area contributed by atoms with Crippen molar-refractivity contribution in [2.75, 3.05) is 12.3 Å². The van der Waals surface area contributed by atoms with Crippen molar-refractivity contribution in [3.8, 4) is 11.5 Å². The molecule has 2 aromatic rings. The lowest BCUT2D eigenvalue weighted by molar-refractivity contribution is -0.135. The molecule has 0 saturated heterocycles. The molecule has 0 aromatic heterocycles. The fraction of sp³-hybridized carbons (Fsp3) is 0.381. The first-order chi connectivity index (χ1) is 12.2. The molecule has 0 aliphatic carbocycles. The number of carbonyl (C=O) groups excluding carboxylic acids is 1. The molecule has 0 spiro atoms. The van der Waals surface area contributed by atoms with E-state index in [0.29, 0.717) is 36.6 Å². The summed E-state index contributed by atoms with van der Waals surface area (Å²) in [6.07, 6.45) is 6.73. The largest absolute Gasteiger partial charge is 0.491 e. The van der Waals surface area contributed by atoms with Gasteiger partial charge in [0.25, 0.3) is 0 Å². The molecule has 0 atom stereocenters. The highest BCUT2D eigenvalue weighted by Crippen LogP contribution is 2.38. The summed E-state index contributed by atoms with van der Waals surface area (Å²) in [7, 11) is 0. The third-order valence-electron chi connectivity index (χ3n) is 4.51. The number of benzene rings is 2. The smallest absolute Gasteiger partial charge is 0.311 e. The molecule has 0 saturated carbocycles. The molecule has 0 radical (unpaired) electrons. The molecule has 2 aromatic carbocycles. The zero-order valence-electron chi connectivity index (χ0n) is 14.5. The first kappa shape index (κ1) is 17.3. The Kier molecular flexibility index (Phi) is 5.94. The van der Waals surface area contributed by atoms with Crippen LogP contribution in [0.5, 0.6) is 11.5 Å². The molecule has 1 aliphatic rings. The number of rotatable bonds is 8. The topological polar surface area (TPSA) is 61.6 Å². The molecule has 0 amide bonds. The highest BCUT2D eigenvalue weighted by molar-refractivity contribution is 5.80. The highest BCUT2D eigenvalue weighted by Gasteiger charge is 2.21. The van der Waals surface area contributed by atoms with Crippen LogP contribution in [0.15, 0.2) is 42.5 Å². The fourth-order valence-electron chi connectivity index (χ4n) is 3.08. The van der Waals surface area contributed by atoms with Crippen LogP contribution in [-0.2, 0) is 17.6 Å². The number of hydrogen-bond donors (Lipinski definition) is 1. The average molecular weight is 339 g/mol. The predicted octanol–water partition coefficient (Wildman–Crippen LogP) is 4.30. The lowest BCUT2D eigenvalue weighted by atomic mass is 10.0. The van der Waals surface area contributed by atoms with Gasteiger partial charge in [-0.1, -0.05) is 49.2 Å². The van der Waals surface area contributed by atoms with E-state index in [4.69, 9.17) is 15.2 Å². The number of aryl methyl sites for hydroxylation is 2. The standard InChI is InChI=1S/C21H25NO3/c22-20-18(13-11-17-12-14-19(23)25-21(17)20)24-15-7-2-1-4-8-16-9-5-3-6-10-16/h3,5-6,9-11,13H,1-2,4,7-8,12,14-15,22H2. The molecular formula is C21H25NO3. The van der Waals surface area contributed by atoms with E-state index in [1.807, 2.05) is 18.2 Å². The van der Waals surface area contributed by atoms with Gasteiger partial charge in [-0.15, -0.1) is 0 Å². The second-order valence-corrected chi connectivity index (χ2v) is 6.44. The SMILES string of the molecule is Nc1c(OCCCCCCc2ccccc2)ccc2c1OC(=O)CC2. The minimum atomic E-state index is -0.227. The van der Waals surface area contributed by atoms with Crippen molar-refractivity contribution in [3.63, 3.8) is 0 Å². The summed E-state index contributed by atoms with van der Waals surface area (Å²) in [6.45, 7) is 0.627. The van der Waals surface area contributed by atoms with E-state index < -0.39 is 0 Å². The Morgan fingerprint density at radius 1 is 0.960 bits per heavy atom. The normalized spacial score (nSPS) is 13.2. The molecule has 0 fully saturated rings. The summed E-state index contributed by atoms with van der Waals surface area (Å²) >= 11 is 0. The third-order valence-corrected chi connectivity index (χ3v) is 4.51. The Morgan fingerprint density at radius 2 is 1.76 bits per heavy atom. The second-order valence-electron chi connectivity index (χ2n) is 6.44. The molecule has 4 nitrogen and oxygen atoms in total. The minimum absolute atomic E-state index is 0.227. The van der Waals surface area contributed by atoms with E-state index in [0.717, 1.165) is 24.8 Å². The maximum atomic E-state index is 11.4. The van der Waals surface area contributed by atoms with E-state index in [9.17, 15) is 4.79 Å². The summed E-state index contributed by atoms with van der Waals surface area (Å²) in [5, 5.41) is 0. The van der Waals surface area contributed by atoms with Crippen molar-refractivity contribution in [1.29, 1.82) is 0 Å². The van der Waals surface area contributed by atoms with Crippen molar-refractivity contribution < 1.29 is 14.3 Å². The maximum Gasteiger partial charge on any atom is 0.311 e. The van der Waals surface area contributed by atoms with Crippen LogP contribution >= 0.6 is 0 Å². The number of nitrogens with two attached hydrogens (primary N) is 1. The lowest BCUT2D eigenvalue weighted by Gasteiger charge is -2.19. The number of carbonyl (C=O) groups is 1. The molecule has 4 heteroatoms. The fourth-order valence-corrected chi connectivity index (χ4v) is 3.08. The summed E-state index contributed by atoms with van der Waals surface area (Å²) in [5.74, 6) is 0.865. The van der Waals surface area contributed by atoms with Gasteiger partial charge in [-0.25, -0.2) is 0 Å². The molecule has 1 heterocycles. The Balaban J connectivity index is 1.38. The van der Waals surface area contributed by atoms with Crippen LogP contribution in [0.2, 0.25) is 0 Å². The molecular weight excluding hydrogens is 314 g/mol. The number of ether oxygens (including phenoxy) is 2. The molecule has 1 aliphatic heterocycles. The number of anilines is 1. The van der Waals surface area contributed by atoms with E-state index >= 15 is 0 Å². The van der Waals surface area contributed by atoms with Gasteiger partial charge >= 0.3 is 5.97 Å². The molecule has 25 heavy (non-hydrogen) atoms. The van der Waals surface area contributed by atoms with E-state index in [-0.39, 0.29) is 5.97 Å². The molecule has 2 N–H and O–H groups in total. The molecule has 0 unspecified atom stereocenters. The number of nitrogen functional groups attached to an aromatic ring is 1. The zero-order chi connectivity index (χ0) is 17.5. The molecule has 0 bridgehead atoms. The predicted molar refractivity (Wildman–Crippen MR) is 98.9 cm³/mol. The van der Waals surface area contributed by atoms with Crippen LogP contribution in [0, 0.1) is 0 Å². The summed E-state index contributed by atoms with van der Waals surface area (Å²) in [6, 6.07) is 14.4. The lowest BCUT2D eigenvalue weighted by Crippen LogP contribution is -2.17. The summed E-state index contributed by atoms with van der Waals surface area (Å²) < 4.78 is 11.0. The van der Waals surface area contributed by atoms with Gasteiger partial charge in [-0.3, -0.25) is 4.79 Å². The van der Waals surface area contributed by atoms with Crippen LogP contribution in [0.3, 0.4) is 0 Å². The molecule has 3 rings (SSSR count). The summed E-state index contributed by atoms with van der Waals surface area (Å²) in [5.41, 5.74) is 8.91. The van der Waals surface area contributed by atoms with E-state index in [1.165, 1.54) is 18.4 Å². The van der Waals surface area contributed by atoms with Gasteiger partial charge in [0.05, 0.1) is 13.0 Å². The summed E-state index contributed by atoms with van der Waals surface area (Å²) in [4.78, 5) is 11.4. The highest BCUT2D eigenvalue weighted by atomic mass is 16.5. The van der Waals surface area contributed by atoms with Crippen LogP contribution < -0.4 is 15.2 Å². The maximum absolute atomic E-state index is 11.4. The Labute approximate surface area is 148 Å². The van der Waals surface area contributed by atoms with E-state index in [2.05, 4.69) is 24.3 Å². The quantitative estimate of drug-likeness (QED) is 0.337. The van der Waals surface area contributed by atoms with Gasteiger partial charge in [0.2, 0.25) is 0 Å². The number of fused-ring (bicyclic) bond motifs is 1. The van der Waals surface area contributed by atoms with Gasteiger partial charge < -0.3 is 15.2 Å². The Morgan fingerprint density at radius 3 is 2.60 bits per heavy atom. The van der Waals surface area contributed by atoms with Gasteiger partial charge in [-0.05, 0) is 42.9 Å². The van der Waals surface area contributed by atoms with Crippen LogP contribution in [-0.4, -0.2) is 12.6 Å². The van der Waals surface area contributed by atoms with Gasteiger partial charge in [-0.2, -0.15) is 0 Å². The third kappa shape index (κ3) is 4.75. The Bertz CT molecular complexity index is 713. The van der Waals surface area contributed by atoms with Crippen molar-refractivity contribution in [2.24, 2.45) is 0 Å². The van der Waals surface area contributed by atoms with Crippen molar-refractivity contribution in [1.82, 2.24) is 0 Å². The number of unbranched alkanes of at least 4 members (excludes halogenated alkanes) is 3. The monoisotopic (exact) mass is 339 g/mol. The van der Waals surface area contributed by atoms with Crippen LogP contribution in [0.1, 0.15) is 43.2 Å². The van der Waals surface area contributed by atoms with Gasteiger partial charge in [0, 0.05) is 0 Å². The second kappa shape index (κ2) is 8.56. The van der Waals surface area contributed by atoms with E-state index in [1.54, 1.807) is 0 Å². The number of esters is 1. The van der Waals surface area contributed by atoms with Crippen LogP contribution in [0.25, 0.3) is 0 Å². The first-order valence-corrected chi connectivity index (χ1v) is 9.03. The number of hydrogen-bond acceptors (Lipinski definition) is 4. The van der Waals surface area contributed by atoms with Crippen molar-refractivity contribution in [3.05, 3.63) is 53.6 Å². The van der Waals surface area contributed by atoms with Gasteiger partial charge in [0.1, 0.15) is 11.4 Å². The zero-order valence-corrected chi connectivity index (χ0v) is 14.5. The van der Waals surface area contributed by atoms with Crippen molar-refractivity contribution in [2.45, 2.75) is 44.9 Å². The van der Waals surface area contributed by atoms with Crippen LogP contribution in [0.4, 0.5) is 5.69 Å². The first-order valence-electron chi connectivity index (χ1n) is 9.03. The Hall–Kier alpha value is -2.49. The van der Waals surface area contributed by atoms with Crippen molar-refractivity contribution >= 4 is 11.7 Å².